The van der Waals surface area contributed by atoms with Crippen molar-refractivity contribution < 1.29 is 4.39 Å². The van der Waals surface area contributed by atoms with Gasteiger partial charge in [-0.25, -0.2) is 9.24 Å². The number of benzene rings is 1. The van der Waals surface area contributed by atoms with Gasteiger partial charge in [0.25, 0.3) is 0 Å². The Morgan fingerprint density at radius 1 is 1.17 bits per heavy atom. The highest BCUT2D eigenvalue weighted by Gasteiger charge is 2.16. The van der Waals surface area contributed by atoms with E-state index >= 15 is 0 Å². The quantitative estimate of drug-likeness (QED) is 0.604. The smallest absolute Gasteiger partial charge is 0.222 e. The summed E-state index contributed by atoms with van der Waals surface area (Å²) in [6, 6.07) is 8.83. The van der Waals surface area contributed by atoms with E-state index in [2.05, 4.69) is 31.7 Å². The molecule has 0 saturated heterocycles. The number of rotatable bonds is 1. The van der Waals surface area contributed by atoms with Crippen LogP contribution in [0.2, 0.25) is 0 Å². The van der Waals surface area contributed by atoms with Gasteiger partial charge in [-0.2, -0.15) is 0 Å². The first-order chi connectivity index (χ1) is 8.41. The van der Waals surface area contributed by atoms with E-state index in [0.717, 1.165) is 10.4 Å². The molecule has 0 saturated carbocycles. The molecule has 0 aliphatic carbocycles. The van der Waals surface area contributed by atoms with Gasteiger partial charge in [0.15, 0.2) is 0 Å². The summed E-state index contributed by atoms with van der Waals surface area (Å²) in [6.45, 7) is 13.4. The predicted molar refractivity (Wildman–Crippen MR) is 74.7 cm³/mol. The third kappa shape index (κ3) is 2.44. The van der Waals surface area contributed by atoms with Crippen LogP contribution in [0.4, 0.5) is 10.1 Å². The third-order valence-electron chi connectivity index (χ3n) is 2.70. The third-order valence-corrected chi connectivity index (χ3v) is 4.26. The van der Waals surface area contributed by atoms with Gasteiger partial charge >= 0.3 is 0 Å². The molecular weight excluding hydrogens is 245 g/mol. The number of hydrogen-bond acceptors (Lipinski definition) is 1. The van der Waals surface area contributed by atoms with Gasteiger partial charge in [0.2, 0.25) is 5.69 Å². The van der Waals surface area contributed by atoms with Crippen molar-refractivity contribution in [3.05, 3.63) is 52.4 Å². The summed E-state index contributed by atoms with van der Waals surface area (Å²) in [5, 5.41) is 0. The molecule has 1 nitrogen and oxygen atoms in total. The Bertz CT molecular complexity index is 614. The fraction of sp³-hybridized carbons (Fsp3) is 0.267. The van der Waals surface area contributed by atoms with Gasteiger partial charge in [-0.05, 0) is 35.2 Å². The summed E-state index contributed by atoms with van der Waals surface area (Å²) in [4.78, 5) is 5.55. The van der Waals surface area contributed by atoms with E-state index in [0.29, 0.717) is 0 Å². The van der Waals surface area contributed by atoms with Crippen LogP contribution in [0.25, 0.3) is 15.3 Å². The number of thiophene rings is 1. The molecule has 0 radical (unpaired) electrons. The molecule has 0 atom stereocenters. The van der Waals surface area contributed by atoms with E-state index in [1.807, 2.05) is 6.07 Å². The van der Waals surface area contributed by atoms with Crippen molar-refractivity contribution in [2.75, 3.05) is 0 Å². The first-order valence-electron chi connectivity index (χ1n) is 5.69. The van der Waals surface area contributed by atoms with Crippen LogP contribution in [0.1, 0.15) is 25.6 Å². The minimum Gasteiger partial charge on any atom is -0.235 e. The Morgan fingerprint density at radius 2 is 1.89 bits per heavy atom. The molecule has 2 rings (SSSR count). The molecule has 3 heteroatoms. The fourth-order valence-corrected chi connectivity index (χ4v) is 2.71. The molecule has 0 aliphatic heterocycles. The Labute approximate surface area is 111 Å². The van der Waals surface area contributed by atoms with Crippen molar-refractivity contribution in [2.45, 2.75) is 26.2 Å². The van der Waals surface area contributed by atoms with Gasteiger partial charge in [0, 0.05) is 9.75 Å². The van der Waals surface area contributed by atoms with Crippen molar-refractivity contribution in [3.8, 4) is 10.4 Å². The first-order valence-corrected chi connectivity index (χ1v) is 6.51. The maximum absolute atomic E-state index is 13.3. The van der Waals surface area contributed by atoms with Crippen molar-refractivity contribution in [2.24, 2.45) is 0 Å². The molecule has 0 aliphatic rings. The highest BCUT2D eigenvalue weighted by atomic mass is 32.1. The number of nitrogens with zero attached hydrogens (tertiary/aromatic N) is 1. The van der Waals surface area contributed by atoms with Crippen LogP contribution in [0.15, 0.2) is 30.3 Å². The topological polar surface area (TPSA) is 4.36 Å². The van der Waals surface area contributed by atoms with Gasteiger partial charge in [-0.15, -0.1) is 11.3 Å². The maximum atomic E-state index is 13.3. The molecule has 2 aromatic rings. The monoisotopic (exact) mass is 259 g/mol. The van der Waals surface area contributed by atoms with Gasteiger partial charge in [-0.1, -0.05) is 26.8 Å². The lowest BCUT2D eigenvalue weighted by Crippen LogP contribution is -2.07. The zero-order chi connectivity index (χ0) is 13.3. The summed E-state index contributed by atoms with van der Waals surface area (Å²) in [5.41, 5.74) is 1.10. The maximum Gasteiger partial charge on any atom is 0.222 e. The van der Waals surface area contributed by atoms with Gasteiger partial charge in [0.1, 0.15) is 5.82 Å². The molecule has 0 bridgehead atoms. The fourth-order valence-electron chi connectivity index (χ4n) is 1.65. The molecule has 0 unspecified atom stereocenters. The van der Waals surface area contributed by atoms with E-state index in [1.54, 1.807) is 23.5 Å². The lowest BCUT2D eigenvalue weighted by Gasteiger charge is -2.15. The Hall–Kier alpha value is -1.66. The second kappa shape index (κ2) is 4.55. The number of halogens is 1. The molecular formula is C15H14FNS. The Kier molecular flexibility index (Phi) is 3.23. The zero-order valence-corrected chi connectivity index (χ0v) is 11.4. The van der Waals surface area contributed by atoms with E-state index in [4.69, 9.17) is 6.57 Å². The summed E-state index contributed by atoms with van der Waals surface area (Å²) in [7, 11) is 0. The standard InChI is InChI=1S/C15H14FNS/c1-15(2,3)14-8-7-13(18-14)10-5-6-11(16)12(9-10)17-4/h5-9H,1-3H3. The van der Waals surface area contributed by atoms with Crippen molar-refractivity contribution in [1.29, 1.82) is 0 Å². The minimum absolute atomic E-state index is 0.0817. The van der Waals surface area contributed by atoms with Crippen molar-refractivity contribution in [3.63, 3.8) is 0 Å². The van der Waals surface area contributed by atoms with Crippen LogP contribution in [-0.2, 0) is 5.41 Å². The SMILES string of the molecule is [C-]#[N+]c1cc(-c2ccc(C(C)(C)C)s2)ccc1F. The van der Waals surface area contributed by atoms with Crippen LogP contribution in [0, 0.1) is 12.4 Å². The molecule has 0 amide bonds. The summed E-state index contributed by atoms with van der Waals surface area (Å²) >= 11 is 1.69. The van der Waals surface area contributed by atoms with Gasteiger partial charge in [0.05, 0.1) is 6.57 Å². The van der Waals surface area contributed by atoms with E-state index < -0.39 is 5.82 Å². The molecule has 0 spiro atoms. The molecule has 92 valence electrons. The van der Waals surface area contributed by atoms with Crippen LogP contribution in [-0.4, -0.2) is 0 Å². The average Bonchev–Trinajstić information content (AvgIpc) is 2.78. The van der Waals surface area contributed by atoms with Crippen LogP contribution < -0.4 is 0 Å². The van der Waals surface area contributed by atoms with E-state index in [-0.39, 0.29) is 11.1 Å². The summed E-state index contributed by atoms with van der Waals surface area (Å²) in [5.74, 6) is -0.457. The molecule has 0 N–H and O–H groups in total. The normalized spacial score (nSPS) is 11.3. The van der Waals surface area contributed by atoms with Gasteiger partial charge in [-0.3, -0.25) is 0 Å². The van der Waals surface area contributed by atoms with E-state index in [1.165, 1.54) is 10.9 Å². The zero-order valence-electron chi connectivity index (χ0n) is 10.6. The minimum atomic E-state index is -0.457. The average molecular weight is 259 g/mol. The second-order valence-corrected chi connectivity index (χ2v) is 6.28. The van der Waals surface area contributed by atoms with Crippen molar-refractivity contribution >= 4 is 17.0 Å². The predicted octanol–water partition coefficient (Wildman–Crippen LogP) is 5.40. The molecule has 1 aromatic heterocycles. The number of hydrogen-bond donors (Lipinski definition) is 0. The molecule has 1 heterocycles. The summed E-state index contributed by atoms with van der Waals surface area (Å²) < 4.78 is 13.3. The second-order valence-electron chi connectivity index (χ2n) is 5.19. The lowest BCUT2D eigenvalue weighted by molar-refractivity contribution is 0.604. The van der Waals surface area contributed by atoms with Gasteiger partial charge < -0.3 is 0 Å². The van der Waals surface area contributed by atoms with Crippen LogP contribution in [0.5, 0.6) is 0 Å². The van der Waals surface area contributed by atoms with Crippen molar-refractivity contribution in [1.82, 2.24) is 0 Å². The first kappa shape index (κ1) is 12.8. The van der Waals surface area contributed by atoms with Crippen LogP contribution >= 0.6 is 11.3 Å². The molecule has 18 heavy (non-hydrogen) atoms. The molecule has 0 fully saturated rings. The highest BCUT2D eigenvalue weighted by Crippen LogP contribution is 2.36. The molecule has 1 aromatic carbocycles. The lowest BCUT2D eigenvalue weighted by atomic mass is 9.95. The van der Waals surface area contributed by atoms with E-state index in [9.17, 15) is 4.39 Å². The Balaban J connectivity index is 2.44. The largest absolute Gasteiger partial charge is 0.235 e. The highest BCUT2D eigenvalue weighted by molar-refractivity contribution is 7.15. The Morgan fingerprint density at radius 3 is 2.44 bits per heavy atom. The summed E-state index contributed by atoms with van der Waals surface area (Å²) in [6.07, 6.45) is 0. The van der Waals surface area contributed by atoms with Crippen LogP contribution in [0.3, 0.4) is 0 Å².